The third kappa shape index (κ3) is 12.4. The molecule has 0 aliphatic carbocycles. The second-order valence-corrected chi connectivity index (χ2v) is 1.84. The SMILES string of the molecule is C/C(=C\CO)C(N)=O.COC. The van der Waals surface area contributed by atoms with Crippen LogP contribution in [0.1, 0.15) is 6.92 Å². The molecule has 0 aromatic heterocycles. The molecule has 66 valence electrons. The molecule has 0 aromatic carbocycles. The number of nitrogens with two attached hydrogens (primary N) is 1. The number of primary amides is 1. The smallest absolute Gasteiger partial charge is 0.244 e. The summed E-state index contributed by atoms with van der Waals surface area (Å²) < 4.78 is 4.25. The lowest BCUT2D eigenvalue weighted by molar-refractivity contribution is -0.114. The molecule has 0 saturated carbocycles. The Labute approximate surface area is 66.7 Å². The monoisotopic (exact) mass is 161 g/mol. The van der Waals surface area contributed by atoms with Crippen LogP contribution in [0.5, 0.6) is 0 Å². The average Bonchev–Trinajstić information content (AvgIpc) is 1.90. The zero-order chi connectivity index (χ0) is 9.28. The largest absolute Gasteiger partial charge is 0.392 e. The molecule has 0 saturated heterocycles. The van der Waals surface area contributed by atoms with Gasteiger partial charge in [-0.2, -0.15) is 0 Å². The van der Waals surface area contributed by atoms with Crippen LogP contribution in [-0.2, 0) is 9.53 Å². The first-order valence-electron chi connectivity index (χ1n) is 3.07. The molecule has 0 radical (unpaired) electrons. The second kappa shape index (κ2) is 9.13. The minimum Gasteiger partial charge on any atom is -0.392 e. The predicted molar refractivity (Wildman–Crippen MR) is 43.0 cm³/mol. The van der Waals surface area contributed by atoms with Gasteiger partial charge in [0.2, 0.25) is 5.91 Å². The molecule has 0 aromatic rings. The van der Waals surface area contributed by atoms with Gasteiger partial charge in [-0.15, -0.1) is 0 Å². The summed E-state index contributed by atoms with van der Waals surface area (Å²) in [4.78, 5) is 10.1. The summed E-state index contributed by atoms with van der Waals surface area (Å²) in [5, 5.41) is 8.20. The van der Waals surface area contributed by atoms with E-state index in [-0.39, 0.29) is 6.61 Å². The Morgan fingerprint density at radius 1 is 1.64 bits per heavy atom. The van der Waals surface area contributed by atoms with Crippen LogP contribution >= 0.6 is 0 Å². The molecule has 0 heterocycles. The quantitative estimate of drug-likeness (QED) is 0.545. The van der Waals surface area contributed by atoms with Crippen molar-refractivity contribution in [2.24, 2.45) is 5.73 Å². The minimum atomic E-state index is -0.487. The Morgan fingerprint density at radius 3 is 2.09 bits per heavy atom. The van der Waals surface area contributed by atoms with E-state index in [0.717, 1.165) is 0 Å². The number of ether oxygens (including phenoxy) is 1. The highest BCUT2D eigenvalue weighted by molar-refractivity contribution is 5.91. The molecule has 0 spiro atoms. The van der Waals surface area contributed by atoms with Gasteiger partial charge in [0.15, 0.2) is 0 Å². The molecule has 4 heteroatoms. The lowest BCUT2D eigenvalue weighted by Crippen LogP contribution is -2.11. The van der Waals surface area contributed by atoms with Gasteiger partial charge in [-0.1, -0.05) is 6.08 Å². The summed E-state index contributed by atoms with van der Waals surface area (Å²) in [5.41, 5.74) is 5.20. The maximum Gasteiger partial charge on any atom is 0.244 e. The molecule has 0 unspecified atom stereocenters. The summed E-state index contributed by atoms with van der Waals surface area (Å²) >= 11 is 0. The van der Waals surface area contributed by atoms with Crippen LogP contribution in [0.15, 0.2) is 11.6 Å². The van der Waals surface area contributed by atoms with Gasteiger partial charge in [0.05, 0.1) is 6.61 Å². The maximum absolute atomic E-state index is 10.1. The number of methoxy groups -OCH3 is 1. The van der Waals surface area contributed by atoms with Gasteiger partial charge in [0.1, 0.15) is 0 Å². The lowest BCUT2D eigenvalue weighted by Gasteiger charge is -1.88. The van der Waals surface area contributed by atoms with Gasteiger partial charge >= 0.3 is 0 Å². The fourth-order valence-electron chi connectivity index (χ4n) is 0.238. The van der Waals surface area contributed by atoms with E-state index in [2.05, 4.69) is 4.74 Å². The van der Waals surface area contributed by atoms with E-state index in [4.69, 9.17) is 10.8 Å². The Morgan fingerprint density at radius 2 is 2.00 bits per heavy atom. The van der Waals surface area contributed by atoms with E-state index in [1.165, 1.54) is 6.08 Å². The van der Waals surface area contributed by atoms with Gasteiger partial charge < -0.3 is 15.6 Å². The summed E-state index contributed by atoms with van der Waals surface area (Å²) in [6.45, 7) is 1.42. The normalized spacial score (nSPS) is 10.0. The van der Waals surface area contributed by atoms with Crippen LogP contribution in [0.4, 0.5) is 0 Å². The van der Waals surface area contributed by atoms with Gasteiger partial charge in [-0.05, 0) is 6.92 Å². The molecule has 0 aliphatic heterocycles. The highest BCUT2D eigenvalue weighted by Crippen LogP contribution is 1.86. The van der Waals surface area contributed by atoms with Crippen molar-refractivity contribution in [2.75, 3.05) is 20.8 Å². The minimum absolute atomic E-state index is 0.130. The number of hydrogen-bond donors (Lipinski definition) is 2. The van der Waals surface area contributed by atoms with E-state index >= 15 is 0 Å². The Bertz CT molecular complexity index is 132. The molecule has 11 heavy (non-hydrogen) atoms. The van der Waals surface area contributed by atoms with E-state index < -0.39 is 5.91 Å². The van der Waals surface area contributed by atoms with Crippen LogP contribution in [-0.4, -0.2) is 31.8 Å². The highest BCUT2D eigenvalue weighted by Gasteiger charge is 1.92. The van der Waals surface area contributed by atoms with Gasteiger partial charge in [0, 0.05) is 19.8 Å². The van der Waals surface area contributed by atoms with Crippen molar-refractivity contribution >= 4 is 5.91 Å². The van der Waals surface area contributed by atoms with Crippen molar-refractivity contribution < 1.29 is 14.6 Å². The number of amides is 1. The summed E-state index contributed by atoms with van der Waals surface area (Å²) in [6.07, 6.45) is 1.36. The summed E-state index contributed by atoms with van der Waals surface area (Å²) in [6, 6.07) is 0. The molecular weight excluding hydrogens is 146 g/mol. The molecule has 0 fully saturated rings. The number of aliphatic hydroxyl groups excluding tert-OH is 1. The van der Waals surface area contributed by atoms with Crippen LogP contribution in [0, 0.1) is 0 Å². The Kier molecular flexibility index (Phi) is 10.6. The Hall–Kier alpha value is -0.870. The first-order valence-corrected chi connectivity index (χ1v) is 3.07. The average molecular weight is 161 g/mol. The van der Waals surface area contributed by atoms with Crippen molar-refractivity contribution in [3.05, 3.63) is 11.6 Å². The van der Waals surface area contributed by atoms with E-state index in [9.17, 15) is 4.79 Å². The Balaban J connectivity index is 0. The standard InChI is InChI=1S/C5H9NO2.C2H6O/c1-4(2-3-7)5(6)8;1-3-2/h2,7H,3H2,1H3,(H2,6,8);1-2H3/b4-2+;. The zero-order valence-corrected chi connectivity index (χ0v) is 7.13. The van der Waals surface area contributed by atoms with Crippen molar-refractivity contribution in [1.82, 2.24) is 0 Å². The number of rotatable bonds is 2. The van der Waals surface area contributed by atoms with Crippen LogP contribution < -0.4 is 5.73 Å². The number of aliphatic hydroxyl groups is 1. The van der Waals surface area contributed by atoms with Crippen LogP contribution in [0.2, 0.25) is 0 Å². The van der Waals surface area contributed by atoms with Crippen LogP contribution in [0.3, 0.4) is 0 Å². The molecule has 0 atom stereocenters. The maximum atomic E-state index is 10.1. The molecule has 0 rings (SSSR count). The van der Waals surface area contributed by atoms with Crippen molar-refractivity contribution in [1.29, 1.82) is 0 Å². The van der Waals surface area contributed by atoms with Gasteiger partial charge in [0.25, 0.3) is 0 Å². The van der Waals surface area contributed by atoms with Crippen LogP contribution in [0.25, 0.3) is 0 Å². The third-order valence-corrected chi connectivity index (χ3v) is 0.786. The number of carbonyl (C=O) groups excluding carboxylic acids is 1. The molecule has 1 amide bonds. The van der Waals surface area contributed by atoms with E-state index in [1.54, 1.807) is 21.1 Å². The first kappa shape index (κ1) is 12.8. The second-order valence-electron chi connectivity index (χ2n) is 1.84. The topological polar surface area (TPSA) is 72.5 Å². The molecule has 4 nitrogen and oxygen atoms in total. The van der Waals surface area contributed by atoms with Gasteiger partial charge in [-0.25, -0.2) is 0 Å². The van der Waals surface area contributed by atoms with Gasteiger partial charge in [-0.3, -0.25) is 4.79 Å². The number of hydrogen-bond acceptors (Lipinski definition) is 3. The molecule has 0 aliphatic rings. The zero-order valence-electron chi connectivity index (χ0n) is 7.13. The predicted octanol–water partition coefficient (Wildman–Crippen LogP) is -0.327. The van der Waals surface area contributed by atoms with Crippen molar-refractivity contribution in [3.63, 3.8) is 0 Å². The van der Waals surface area contributed by atoms with E-state index in [0.29, 0.717) is 5.57 Å². The lowest BCUT2D eigenvalue weighted by atomic mass is 10.3. The first-order chi connectivity index (χ1) is 5.09. The fourth-order valence-corrected chi connectivity index (χ4v) is 0.238. The highest BCUT2D eigenvalue weighted by atomic mass is 16.4. The molecule has 0 bridgehead atoms. The molecule has 3 N–H and O–H groups in total. The van der Waals surface area contributed by atoms with E-state index in [1.807, 2.05) is 0 Å². The van der Waals surface area contributed by atoms with Crippen molar-refractivity contribution in [3.8, 4) is 0 Å². The number of carbonyl (C=O) groups is 1. The third-order valence-electron chi connectivity index (χ3n) is 0.786. The fraction of sp³-hybridized carbons (Fsp3) is 0.571. The summed E-state index contributed by atoms with van der Waals surface area (Å²) in [7, 11) is 3.25. The molecular formula is C7H15NO3. The summed E-state index contributed by atoms with van der Waals surface area (Å²) in [5.74, 6) is -0.487. The van der Waals surface area contributed by atoms with Crippen molar-refractivity contribution in [2.45, 2.75) is 6.92 Å².